The highest BCUT2D eigenvalue weighted by molar-refractivity contribution is 14.0. The maximum Gasteiger partial charge on any atom is 0.191 e. The summed E-state index contributed by atoms with van der Waals surface area (Å²) in [7, 11) is 1.80. The number of halogens is 1. The molecule has 0 aliphatic rings. The fourth-order valence-electron chi connectivity index (χ4n) is 2.86. The number of nitrogens with zero attached hydrogens (tertiary/aromatic N) is 1. The second kappa shape index (κ2) is 9.46. The quantitative estimate of drug-likeness (QED) is 0.314. The SMILES string of the molecule is CN=C(NCCc1c[nH]c2ccccc12)NCc1ccccc1C.I. The van der Waals surface area contributed by atoms with Crippen molar-refractivity contribution in [1.82, 2.24) is 15.6 Å². The Morgan fingerprint density at radius 2 is 1.76 bits per heavy atom. The highest BCUT2D eigenvalue weighted by Gasteiger charge is 2.04. The number of nitrogens with one attached hydrogen (secondary N) is 3. The molecule has 1 heterocycles. The molecule has 0 atom stereocenters. The number of H-pyrrole nitrogens is 1. The van der Waals surface area contributed by atoms with Crippen LogP contribution in [0.15, 0.2) is 59.7 Å². The van der Waals surface area contributed by atoms with Crippen LogP contribution in [0.3, 0.4) is 0 Å². The van der Waals surface area contributed by atoms with E-state index in [-0.39, 0.29) is 24.0 Å². The van der Waals surface area contributed by atoms with E-state index in [0.717, 1.165) is 25.5 Å². The van der Waals surface area contributed by atoms with Crippen molar-refractivity contribution in [2.24, 2.45) is 4.99 Å². The van der Waals surface area contributed by atoms with Crippen molar-refractivity contribution in [2.45, 2.75) is 19.9 Å². The zero-order valence-electron chi connectivity index (χ0n) is 14.7. The molecule has 0 radical (unpaired) electrons. The van der Waals surface area contributed by atoms with Gasteiger partial charge in [0.15, 0.2) is 5.96 Å². The second-order valence-corrected chi connectivity index (χ2v) is 5.89. The highest BCUT2D eigenvalue weighted by atomic mass is 127. The number of guanidine groups is 1. The zero-order chi connectivity index (χ0) is 16.8. The van der Waals surface area contributed by atoms with Crippen LogP contribution in [-0.2, 0) is 13.0 Å². The molecule has 0 fully saturated rings. The molecular formula is C20H25IN4. The van der Waals surface area contributed by atoms with Gasteiger partial charge in [0.2, 0.25) is 0 Å². The summed E-state index contributed by atoms with van der Waals surface area (Å²) in [5.41, 5.74) is 5.10. The molecule has 0 amide bonds. The summed E-state index contributed by atoms with van der Waals surface area (Å²) in [6.45, 7) is 3.75. The fraction of sp³-hybridized carbons (Fsp3) is 0.250. The van der Waals surface area contributed by atoms with Crippen molar-refractivity contribution in [3.05, 3.63) is 71.4 Å². The van der Waals surface area contributed by atoms with Crippen molar-refractivity contribution < 1.29 is 0 Å². The van der Waals surface area contributed by atoms with Gasteiger partial charge in [0.25, 0.3) is 0 Å². The third-order valence-corrected chi connectivity index (χ3v) is 4.29. The molecule has 132 valence electrons. The number of aryl methyl sites for hydroxylation is 1. The molecule has 3 N–H and O–H groups in total. The lowest BCUT2D eigenvalue weighted by Gasteiger charge is -2.13. The Kier molecular flexibility index (Phi) is 7.31. The highest BCUT2D eigenvalue weighted by Crippen LogP contribution is 2.17. The molecular weight excluding hydrogens is 423 g/mol. The Morgan fingerprint density at radius 3 is 2.56 bits per heavy atom. The molecule has 1 aromatic heterocycles. The van der Waals surface area contributed by atoms with Crippen LogP contribution < -0.4 is 10.6 Å². The first kappa shape index (κ1) is 19.3. The summed E-state index contributed by atoms with van der Waals surface area (Å²) in [5.74, 6) is 0.832. The van der Waals surface area contributed by atoms with Crippen LogP contribution in [0, 0.1) is 6.92 Å². The van der Waals surface area contributed by atoms with E-state index in [9.17, 15) is 0 Å². The van der Waals surface area contributed by atoms with E-state index in [0.29, 0.717) is 0 Å². The van der Waals surface area contributed by atoms with Gasteiger partial charge in [-0.05, 0) is 36.1 Å². The molecule has 0 saturated heterocycles. The van der Waals surface area contributed by atoms with Gasteiger partial charge in [0.1, 0.15) is 0 Å². The molecule has 5 heteroatoms. The average molecular weight is 448 g/mol. The first-order valence-electron chi connectivity index (χ1n) is 8.32. The van der Waals surface area contributed by atoms with Crippen molar-refractivity contribution in [2.75, 3.05) is 13.6 Å². The number of aromatic amines is 1. The molecule has 0 unspecified atom stereocenters. The molecule has 4 nitrogen and oxygen atoms in total. The summed E-state index contributed by atoms with van der Waals surface area (Å²) in [6, 6.07) is 16.8. The Labute approximate surface area is 166 Å². The van der Waals surface area contributed by atoms with Crippen LogP contribution in [-0.4, -0.2) is 24.5 Å². The third kappa shape index (κ3) is 4.98. The standard InChI is InChI=1S/C20H24N4.HI/c1-15-7-3-4-8-16(15)13-24-20(21-2)22-12-11-17-14-23-19-10-6-5-9-18(17)19;/h3-10,14,23H,11-13H2,1-2H3,(H2,21,22,24);1H. The summed E-state index contributed by atoms with van der Waals surface area (Å²) in [4.78, 5) is 7.62. The maximum absolute atomic E-state index is 4.30. The Balaban J connectivity index is 0.00000225. The number of fused-ring (bicyclic) bond motifs is 1. The molecule has 0 aliphatic carbocycles. The van der Waals surface area contributed by atoms with Gasteiger partial charge in [0, 0.05) is 37.2 Å². The van der Waals surface area contributed by atoms with Crippen LogP contribution in [0.25, 0.3) is 10.9 Å². The van der Waals surface area contributed by atoms with Gasteiger partial charge < -0.3 is 15.6 Å². The van der Waals surface area contributed by atoms with Gasteiger partial charge in [-0.15, -0.1) is 24.0 Å². The van der Waals surface area contributed by atoms with E-state index in [1.165, 1.54) is 27.6 Å². The van der Waals surface area contributed by atoms with Gasteiger partial charge >= 0.3 is 0 Å². The van der Waals surface area contributed by atoms with Gasteiger partial charge in [0.05, 0.1) is 0 Å². The molecule has 2 aromatic carbocycles. The second-order valence-electron chi connectivity index (χ2n) is 5.89. The Morgan fingerprint density at radius 1 is 1.00 bits per heavy atom. The number of hydrogen-bond donors (Lipinski definition) is 3. The van der Waals surface area contributed by atoms with E-state index < -0.39 is 0 Å². The molecule has 0 saturated carbocycles. The maximum atomic E-state index is 4.30. The van der Waals surface area contributed by atoms with Gasteiger partial charge in [-0.3, -0.25) is 4.99 Å². The fourth-order valence-corrected chi connectivity index (χ4v) is 2.86. The summed E-state index contributed by atoms with van der Waals surface area (Å²) >= 11 is 0. The van der Waals surface area contributed by atoms with Gasteiger partial charge in [-0.2, -0.15) is 0 Å². The molecule has 0 spiro atoms. The average Bonchev–Trinajstić information content (AvgIpc) is 3.02. The monoisotopic (exact) mass is 448 g/mol. The molecule has 0 aliphatic heterocycles. The van der Waals surface area contributed by atoms with Crippen LogP contribution in [0.4, 0.5) is 0 Å². The minimum absolute atomic E-state index is 0. The topological polar surface area (TPSA) is 52.2 Å². The lowest BCUT2D eigenvalue weighted by atomic mass is 10.1. The van der Waals surface area contributed by atoms with Gasteiger partial charge in [-0.25, -0.2) is 0 Å². The van der Waals surface area contributed by atoms with E-state index in [2.05, 4.69) is 82.3 Å². The molecule has 25 heavy (non-hydrogen) atoms. The summed E-state index contributed by atoms with van der Waals surface area (Å²) in [5, 5.41) is 8.06. The Bertz CT molecular complexity index is 838. The van der Waals surface area contributed by atoms with E-state index in [1.54, 1.807) is 7.05 Å². The van der Waals surface area contributed by atoms with Crippen molar-refractivity contribution in [1.29, 1.82) is 0 Å². The summed E-state index contributed by atoms with van der Waals surface area (Å²) in [6.07, 6.45) is 3.05. The third-order valence-electron chi connectivity index (χ3n) is 4.29. The predicted molar refractivity (Wildman–Crippen MR) is 117 cm³/mol. The molecule has 3 aromatic rings. The van der Waals surface area contributed by atoms with E-state index >= 15 is 0 Å². The number of para-hydroxylation sites is 1. The van der Waals surface area contributed by atoms with Crippen molar-refractivity contribution in [3.8, 4) is 0 Å². The first-order chi connectivity index (χ1) is 11.8. The lowest BCUT2D eigenvalue weighted by Crippen LogP contribution is -2.37. The first-order valence-corrected chi connectivity index (χ1v) is 8.32. The number of benzene rings is 2. The minimum Gasteiger partial charge on any atom is -0.361 e. The number of rotatable bonds is 5. The number of hydrogen-bond acceptors (Lipinski definition) is 1. The Hall–Kier alpha value is -2.02. The van der Waals surface area contributed by atoms with Crippen LogP contribution in [0.1, 0.15) is 16.7 Å². The summed E-state index contributed by atoms with van der Waals surface area (Å²) < 4.78 is 0. The predicted octanol–water partition coefficient (Wildman–Crippen LogP) is 4.00. The largest absolute Gasteiger partial charge is 0.361 e. The van der Waals surface area contributed by atoms with Crippen LogP contribution in [0.5, 0.6) is 0 Å². The normalized spacial score (nSPS) is 11.2. The smallest absolute Gasteiger partial charge is 0.191 e. The van der Waals surface area contributed by atoms with Crippen molar-refractivity contribution >= 4 is 40.8 Å². The number of aromatic nitrogens is 1. The number of aliphatic imine (C=N–C) groups is 1. The van der Waals surface area contributed by atoms with Crippen molar-refractivity contribution in [3.63, 3.8) is 0 Å². The molecule has 0 bridgehead atoms. The van der Waals surface area contributed by atoms with Gasteiger partial charge in [-0.1, -0.05) is 42.5 Å². The van der Waals surface area contributed by atoms with E-state index in [4.69, 9.17) is 0 Å². The minimum atomic E-state index is 0. The zero-order valence-corrected chi connectivity index (χ0v) is 17.0. The lowest BCUT2D eigenvalue weighted by molar-refractivity contribution is 0.794. The van der Waals surface area contributed by atoms with Crippen LogP contribution >= 0.6 is 24.0 Å². The molecule has 3 rings (SSSR count). The van der Waals surface area contributed by atoms with E-state index in [1.807, 2.05) is 0 Å². The van der Waals surface area contributed by atoms with Crippen LogP contribution in [0.2, 0.25) is 0 Å².